The Bertz CT molecular complexity index is 3160. The van der Waals surface area contributed by atoms with Crippen molar-refractivity contribution in [3.05, 3.63) is 227 Å². The predicted molar refractivity (Wildman–Crippen MR) is 237 cm³/mol. The number of thiophene rings is 1. The molecule has 2 nitrogen and oxygen atoms in total. The van der Waals surface area contributed by atoms with Crippen LogP contribution in [0.15, 0.2) is 188 Å². The van der Waals surface area contributed by atoms with Gasteiger partial charge in [-0.25, -0.2) is 9.97 Å². The largest absolute Gasteiger partial charge is 0.247 e. The molecule has 0 N–H and O–H groups in total. The van der Waals surface area contributed by atoms with Crippen molar-refractivity contribution in [3.8, 4) is 33.5 Å². The second-order valence-electron chi connectivity index (χ2n) is 15.5. The third-order valence-electron chi connectivity index (χ3n) is 12.6. The van der Waals surface area contributed by atoms with Gasteiger partial charge in [0.05, 0.1) is 16.8 Å². The zero-order chi connectivity index (χ0) is 37.5. The van der Waals surface area contributed by atoms with Gasteiger partial charge in [-0.05, 0) is 91.4 Å². The lowest BCUT2D eigenvalue weighted by molar-refractivity contribution is 0.707. The van der Waals surface area contributed by atoms with Crippen molar-refractivity contribution in [3.63, 3.8) is 0 Å². The third kappa shape index (κ3) is 4.76. The quantitative estimate of drug-likeness (QED) is 0.179. The monoisotopic (exact) mass is 744 g/mol. The van der Waals surface area contributed by atoms with Crippen molar-refractivity contribution < 1.29 is 0 Å². The van der Waals surface area contributed by atoms with Crippen LogP contribution in [-0.2, 0) is 11.8 Å². The zero-order valence-corrected chi connectivity index (χ0v) is 32.0. The summed E-state index contributed by atoms with van der Waals surface area (Å²) in [5, 5.41) is 3.73. The van der Waals surface area contributed by atoms with Gasteiger partial charge in [0.1, 0.15) is 10.3 Å². The second kappa shape index (κ2) is 12.7. The minimum Gasteiger partial charge on any atom is -0.247 e. The van der Waals surface area contributed by atoms with E-state index in [1.54, 1.807) is 11.3 Å². The molecule has 10 aromatic rings. The summed E-state index contributed by atoms with van der Waals surface area (Å²) in [6.07, 6.45) is 1.88. The van der Waals surface area contributed by atoms with E-state index in [9.17, 15) is 0 Å². The maximum absolute atomic E-state index is 5.80. The number of hydrogen-bond acceptors (Lipinski definition) is 3. The van der Waals surface area contributed by atoms with Crippen LogP contribution in [0.5, 0.6) is 0 Å². The van der Waals surface area contributed by atoms with Crippen LogP contribution in [0.25, 0.3) is 64.7 Å². The van der Waals surface area contributed by atoms with Crippen LogP contribution < -0.4 is 0 Å². The molecule has 0 spiro atoms. The summed E-state index contributed by atoms with van der Waals surface area (Å²) in [7, 11) is 0. The highest BCUT2D eigenvalue weighted by molar-refractivity contribution is 7.25. The van der Waals surface area contributed by atoms with Gasteiger partial charge in [0.15, 0.2) is 0 Å². The van der Waals surface area contributed by atoms with Gasteiger partial charge in [0, 0.05) is 21.6 Å². The maximum atomic E-state index is 5.80. The van der Waals surface area contributed by atoms with Crippen LogP contribution in [0.2, 0.25) is 0 Å². The Morgan fingerprint density at radius 2 is 1.14 bits per heavy atom. The first-order valence-corrected chi connectivity index (χ1v) is 20.7. The first-order valence-electron chi connectivity index (χ1n) is 19.9. The average Bonchev–Trinajstić information content (AvgIpc) is 3.74. The molecular formula is C54H36N2S. The van der Waals surface area contributed by atoms with Gasteiger partial charge in [-0.2, -0.15) is 0 Å². The van der Waals surface area contributed by atoms with Gasteiger partial charge in [0.25, 0.3) is 0 Å². The standard InChI is InChI=1S/C54H36N2S/c1-3-18-37(19-4-1)54(38-20-5-2-6-21-38)46-27-13-11-24-42(46)49-44(26-15-28-47(49)54)51-50(55-52-43-25-12-14-29-48(43)57-53(52)56-51)41-31-30-36-32-34-16-7-8-17-35(34)33-45(36)40-23-10-9-22-39(40)41/h1-29,32-33,41H,30-31H2. The third-order valence-corrected chi connectivity index (χ3v) is 13.7. The Labute approximate surface area is 335 Å². The highest BCUT2D eigenvalue weighted by Gasteiger charge is 2.47. The summed E-state index contributed by atoms with van der Waals surface area (Å²) >= 11 is 1.75. The van der Waals surface area contributed by atoms with Crippen molar-refractivity contribution in [2.75, 3.05) is 0 Å². The molecule has 0 aliphatic heterocycles. The van der Waals surface area contributed by atoms with Crippen molar-refractivity contribution in [2.24, 2.45) is 0 Å². The van der Waals surface area contributed by atoms with Crippen molar-refractivity contribution in [1.29, 1.82) is 0 Å². The number of benzene rings is 8. The van der Waals surface area contributed by atoms with Crippen LogP contribution >= 0.6 is 11.3 Å². The first kappa shape index (κ1) is 32.6. The van der Waals surface area contributed by atoms with Gasteiger partial charge < -0.3 is 0 Å². The minimum absolute atomic E-state index is 0.0304. The van der Waals surface area contributed by atoms with Crippen LogP contribution in [-0.4, -0.2) is 9.97 Å². The first-order chi connectivity index (χ1) is 28.3. The topological polar surface area (TPSA) is 25.8 Å². The van der Waals surface area contributed by atoms with Crippen molar-refractivity contribution in [2.45, 2.75) is 24.2 Å². The van der Waals surface area contributed by atoms with E-state index in [1.165, 1.54) is 76.5 Å². The molecule has 57 heavy (non-hydrogen) atoms. The molecule has 2 heterocycles. The molecule has 2 aliphatic rings. The molecule has 3 heteroatoms. The average molecular weight is 745 g/mol. The molecule has 0 bridgehead atoms. The Morgan fingerprint density at radius 3 is 1.95 bits per heavy atom. The second-order valence-corrected chi connectivity index (χ2v) is 16.5. The van der Waals surface area contributed by atoms with Crippen molar-refractivity contribution >= 4 is 42.5 Å². The molecule has 1 unspecified atom stereocenters. The molecule has 8 aromatic carbocycles. The summed E-state index contributed by atoms with van der Waals surface area (Å²) in [6, 6.07) is 69.4. The Kier molecular flexibility index (Phi) is 7.24. The lowest BCUT2D eigenvalue weighted by Crippen LogP contribution is -2.28. The molecule has 2 aliphatic carbocycles. The van der Waals surface area contributed by atoms with Crippen molar-refractivity contribution in [1.82, 2.24) is 9.97 Å². The molecule has 0 fully saturated rings. The summed E-state index contributed by atoms with van der Waals surface area (Å²) in [6.45, 7) is 0. The van der Waals surface area contributed by atoms with E-state index in [0.29, 0.717) is 0 Å². The fourth-order valence-electron chi connectivity index (χ4n) is 10.2. The number of fused-ring (bicyclic) bond motifs is 10. The lowest BCUT2D eigenvalue weighted by Gasteiger charge is -2.34. The van der Waals surface area contributed by atoms with E-state index in [4.69, 9.17) is 9.97 Å². The molecule has 268 valence electrons. The van der Waals surface area contributed by atoms with Crippen LogP contribution in [0.3, 0.4) is 0 Å². The number of aryl methyl sites for hydroxylation is 1. The summed E-state index contributed by atoms with van der Waals surface area (Å²) in [5.41, 5.74) is 16.6. The van der Waals surface area contributed by atoms with Gasteiger partial charge in [-0.1, -0.05) is 176 Å². The van der Waals surface area contributed by atoms with E-state index < -0.39 is 5.41 Å². The highest BCUT2D eigenvalue weighted by atomic mass is 32.1. The number of rotatable bonds is 4. The zero-order valence-electron chi connectivity index (χ0n) is 31.2. The molecule has 1 atom stereocenters. The molecule has 0 amide bonds. The van der Waals surface area contributed by atoms with E-state index in [1.807, 2.05) is 0 Å². The van der Waals surface area contributed by atoms with E-state index >= 15 is 0 Å². The van der Waals surface area contributed by atoms with E-state index in [2.05, 4.69) is 188 Å². The summed E-state index contributed by atoms with van der Waals surface area (Å²) in [5.74, 6) is 0.0304. The fraction of sp³-hybridized carbons (Fsp3) is 0.0741. The molecule has 0 saturated carbocycles. The van der Waals surface area contributed by atoms with Gasteiger partial charge in [-0.3, -0.25) is 0 Å². The molecule has 0 radical (unpaired) electrons. The van der Waals surface area contributed by atoms with Crippen LogP contribution in [0.1, 0.15) is 51.4 Å². The minimum atomic E-state index is -0.502. The maximum Gasteiger partial charge on any atom is 0.143 e. The number of aromatic nitrogens is 2. The highest BCUT2D eigenvalue weighted by Crippen LogP contribution is 2.59. The fourth-order valence-corrected chi connectivity index (χ4v) is 11.2. The van der Waals surface area contributed by atoms with Gasteiger partial charge >= 0.3 is 0 Å². The molecule has 12 rings (SSSR count). The smallest absolute Gasteiger partial charge is 0.143 e. The Morgan fingerprint density at radius 1 is 0.509 bits per heavy atom. The molecule has 2 aromatic heterocycles. The SMILES string of the molecule is c1ccc(C2(c3ccccc3)c3ccccc3-c3c(-c4nc5sc6ccccc6c5nc4C4CCc5cc6ccccc6cc5-c5ccccc54)cccc32)cc1. The Hall–Kier alpha value is -6.68. The van der Waals surface area contributed by atoms with E-state index in [0.717, 1.165) is 40.1 Å². The normalized spacial score (nSPS) is 15.2. The summed E-state index contributed by atoms with van der Waals surface area (Å²) < 4.78 is 1.21. The molecule has 0 saturated heterocycles. The predicted octanol–water partition coefficient (Wildman–Crippen LogP) is 13.8. The molecular weight excluding hydrogens is 709 g/mol. The number of hydrogen-bond donors (Lipinski definition) is 0. The summed E-state index contributed by atoms with van der Waals surface area (Å²) in [4.78, 5) is 12.5. The lowest BCUT2D eigenvalue weighted by atomic mass is 9.67. The van der Waals surface area contributed by atoms with Crippen LogP contribution in [0, 0.1) is 0 Å². The van der Waals surface area contributed by atoms with Gasteiger partial charge in [0.2, 0.25) is 0 Å². The van der Waals surface area contributed by atoms with Gasteiger partial charge in [-0.15, -0.1) is 11.3 Å². The number of nitrogens with zero attached hydrogens (tertiary/aromatic N) is 2. The Balaban J connectivity index is 1.16. The van der Waals surface area contributed by atoms with Crippen LogP contribution in [0.4, 0.5) is 0 Å². The van der Waals surface area contributed by atoms with E-state index in [-0.39, 0.29) is 5.92 Å².